The van der Waals surface area contributed by atoms with E-state index in [0.29, 0.717) is 5.75 Å². The SMILES string of the molecule is CC(C)(C)c1cnc(CSC2=CNC(N)(c3nccs3)C=C2)o1. The number of oxazole rings is 1. The summed E-state index contributed by atoms with van der Waals surface area (Å²) in [4.78, 5) is 9.70. The largest absolute Gasteiger partial charge is 0.444 e. The first-order valence-electron chi connectivity index (χ1n) is 7.31. The second kappa shape index (κ2) is 6.14. The Morgan fingerprint density at radius 2 is 2.22 bits per heavy atom. The molecule has 3 rings (SSSR count). The molecule has 3 heterocycles. The Kier molecular flexibility index (Phi) is 4.35. The minimum Gasteiger partial charge on any atom is -0.444 e. The van der Waals surface area contributed by atoms with Crippen LogP contribution in [0.15, 0.2) is 45.4 Å². The molecule has 0 amide bonds. The van der Waals surface area contributed by atoms with E-state index in [4.69, 9.17) is 10.2 Å². The summed E-state index contributed by atoms with van der Waals surface area (Å²) in [6, 6.07) is 0. The van der Waals surface area contributed by atoms with Crippen molar-refractivity contribution in [3.8, 4) is 0 Å². The lowest BCUT2D eigenvalue weighted by molar-refractivity contribution is 0.391. The molecule has 0 saturated carbocycles. The molecule has 2 aromatic rings. The summed E-state index contributed by atoms with van der Waals surface area (Å²) in [6.45, 7) is 6.33. The van der Waals surface area contributed by atoms with Crippen molar-refractivity contribution in [2.24, 2.45) is 5.73 Å². The van der Waals surface area contributed by atoms with Crippen molar-refractivity contribution in [1.82, 2.24) is 15.3 Å². The quantitative estimate of drug-likeness (QED) is 0.881. The third-order valence-electron chi connectivity index (χ3n) is 3.41. The van der Waals surface area contributed by atoms with E-state index in [1.807, 2.05) is 29.9 Å². The second-order valence-corrected chi connectivity index (χ2v) is 8.33. The van der Waals surface area contributed by atoms with Crippen molar-refractivity contribution < 1.29 is 4.42 Å². The molecule has 0 aliphatic carbocycles. The van der Waals surface area contributed by atoms with E-state index in [0.717, 1.165) is 21.6 Å². The number of nitrogens with two attached hydrogens (primary N) is 1. The van der Waals surface area contributed by atoms with Crippen molar-refractivity contribution in [1.29, 1.82) is 0 Å². The lowest BCUT2D eigenvalue weighted by atomic mass is 9.94. The molecule has 1 unspecified atom stereocenters. The minimum absolute atomic E-state index is 0.0195. The highest BCUT2D eigenvalue weighted by Crippen LogP contribution is 2.30. The fraction of sp³-hybridized carbons (Fsp3) is 0.375. The summed E-state index contributed by atoms with van der Waals surface area (Å²) in [6.07, 6.45) is 9.43. The molecular weight excluding hydrogens is 328 g/mol. The fourth-order valence-electron chi connectivity index (χ4n) is 2.02. The molecule has 1 aliphatic rings. The van der Waals surface area contributed by atoms with E-state index < -0.39 is 5.66 Å². The highest BCUT2D eigenvalue weighted by atomic mass is 32.2. The van der Waals surface area contributed by atoms with Crippen LogP contribution in [-0.4, -0.2) is 9.97 Å². The van der Waals surface area contributed by atoms with Gasteiger partial charge in [0, 0.05) is 28.1 Å². The lowest BCUT2D eigenvalue weighted by Crippen LogP contribution is -2.47. The van der Waals surface area contributed by atoms with Gasteiger partial charge in [-0.15, -0.1) is 23.1 Å². The van der Waals surface area contributed by atoms with Gasteiger partial charge in [-0.05, 0) is 12.2 Å². The number of hydrogen-bond acceptors (Lipinski definition) is 7. The zero-order chi connectivity index (χ0) is 16.5. The predicted molar refractivity (Wildman–Crippen MR) is 94.8 cm³/mol. The Hall–Kier alpha value is -1.57. The zero-order valence-corrected chi connectivity index (χ0v) is 15.0. The molecule has 0 saturated heterocycles. The molecule has 23 heavy (non-hydrogen) atoms. The third kappa shape index (κ3) is 3.68. The molecule has 2 aromatic heterocycles. The van der Waals surface area contributed by atoms with Gasteiger partial charge in [0.25, 0.3) is 0 Å². The molecule has 122 valence electrons. The second-order valence-electron chi connectivity index (χ2n) is 6.39. The van der Waals surface area contributed by atoms with E-state index in [1.165, 1.54) is 11.3 Å². The van der Waals surface area contributed by atoms with E-state index in [2.05, 4.69) is 36.1 Å². The molecule has 5 nitrogen and oxygen atoms in total. The van der Waals surface area contributed by atoms with Crippen LogP contribution in [0.4, 0.5) is 0 Å². The van der Waals surface area contributed by atoms with E-state index in [-0.39, 0.29) is 5.41 Å². The van der Waals surface area contributed by atoms with Crippen LogP contribution in [0, 0.1) is 0 Å². The first-order chi connectivity index (χ1) is 10.9. The number of dihydropyridines is 1. The van der Waals surface area contributed by atoms with Gasteiger partial charge in [0.1, 0.15) is 10.8 Å². The van der Waals surface area contributed by atoms with Crippen LogP contribution >= 0.6 is 23.1 Å². The molecule has 0 aromatic carbocycles. The number of allylic oxidation sites excluding steroid dienone is 1. The summed E-state index contributed by atoms with van der Waals surface area (Å²) in [5, 5.41) is 5.98. The van der Waals surface area contributed by atoms with Gasteiger partial charge in [-0.1, -0.05) is 20.8 Å². The molecule has 0 spiro atoms. The Balaban J connectivity index is 1.60. The Bertz CT molecular complexity index is 728. The fourth-order valence-corrected chi connectivity index (χ4v) is 3.44. The first kappa shape index (κ1) is 16.3. The smallest absolute Gasteiger partial charge is 0.204 e. The van der Waals surface area contributed by atoms with Gasteiger partial charge in [0.15, 0.2) is 5.66 Å². The van der Waals surface area contributed by atoms with E-state index >= 15 is 0 Å². The van der Waals surface area contributed by atoms with Gasteiger partial charge < -0.3 is 9.73 Å². The van der Waals surface area contributed by atoms with Crippen LogP contribution in [-0.2, 0) is 16.8 Å². The van der Waals surface area contributed by atoms with Crippen molar-refractivity contribution in [3.05, 3.63) is 57.7 Å². The molecule has 7 heteroatoms. The van der Waals surface area contributed by atoms with Crippen LogP contribution in [0.2, 0.25) is 0 Å². The molecule has 1 aliphatic heterocycles. The molecule has 3 N–H and O–H groups in total. The summed E-state index contributed by atoms with van der Waals surface area (Å²) >= 11 is 3.19. The number of aromatic nitrogens is 2. The van der Waals surface area contributed by atoms with Crippen molar-refractivity contribution in [3.63, 3.8) is 0 Å². The number of thiazole rings is 1. The maximum absolute atomic E-state index is 6.31. The van der Waals surface area contributed by atoms with Gasteiger partial charge in [-0.25, -0.2) is 9.97 Å². The number of rotatable bonds is 4. The van der Waals surface area contributed by atoms with Gasteiger partial charge in [0.05, 0.1) is 11.9 Å². The molecule has 0 radical (unpaired) electrons. The summed E-state index contributed by atoms with van der Waals surface area (Å²) in [5.74, 6) is 2.32. The monoisotopic (exact) mass is 348 g/mol. The summed E-state index contributed by atoms with van der Waals surface area (Å²) < 4.78 is 5.80. The number of nitrogens with one attached hydrogen (secondary N) is 1. The highest BCUT2D eigenvalue weighted by molar-refractivity contribution is 8.02. The van der Waals surface area contributed by atoms with Gasteiger partial charge >= 0.3 is 0 Å². The normalized spacial score (nSPS) is 21.1. The summed E-state index contributed by atoms with van der Waals surface area (Å²) in [5.41, 5.74) is 5.57. The summed E-state index contributed by atoms with van der Waals surface area (Å²) in [7, 11) is 0. The van der Waals surface area contributed by atoms with E-state index in [1.54, 1.807) is 18.0 Å². The number of nitrogens with zero attached hydrogens (tertiary/aromatic N) is 2. The van der Waals surface area contributed by atoms with Crippen molar-refractivity contribution in [2.45, 2.75) is 37.6 Å². The minimum atomic E-state index is -0.722. The molecular formula is C16H20N4OS2. The van der Waals surface area contributed by atoms with Gasteiger partial charge in [-0.2, -0.15) is 0 Å². The Morgan fingerprint density at radius 1 is 1.39 bits per heavy atom. The maximum atomic E-state index is 6.31. The average Bonchev–Trinajstić information content (AvgIpc) is 3.18. The van der Waals surface area contributed by atoms with Gasteiger partial charge in [-0.3, -0.25) is 5.73 Å². The van der Waals surface area contributed by atoms with Crippen LogP contribution in [0.3, 0.4) is 0 Å². The maximum Gasteiger partial charge on any atom is 0.204 e. The van der Waals surface area contributed by atoms with Crippen LogP contribution in [0.1, 0.15) is 37.4 Å². The third-order valence-corrected chi connectivity index (χ3v) is 5.31. The van der Waals surface area contributed by atoms with Gasteiger partial charge in [0.2, 0.25) is 5.89 Å². The van der Waals surface area contributed by atoms with Crippen LogP contribution < -0.4 is 11.1 Å². The van der Waals surface area contributed by atoms with E-state index in [9.17, 15) is 0 Å². The zero-order valence-electron chi connectivity index (χ0n) is 13.4. The topological polar surface area (TPSA) is 77.0 Å². The number of hydrogen-bond donors (Lipinski definition) is 2. The first-order valence-corrected chi connectivity index (χ1v) is 9.17. The van der Waals surface area contributed by atoms with Crippen LogP contribution in [0.5, 0.6) is 0 Å². The van der Waals surface area contributed by atoms with Crippen LogP contribution in [0.25, 0.3) is 0 Å². The molecule has 1 atom stereocenters. The highest BCUT2D eigenvalue weighted by Gasteiger charge is 2.28. The van der Waals surface area contributed by atoms with Crippen molar-refractivity contribution >= 4 is 23.1 Å². The molecule has 0 fully saturated rings. The predicted octanol–water partition coefficient (Wildman–Crippen LogP) is 3.47. The Labute approximate surface area is 144 Å². The average molecular weight is 348 g/mol. The lowest BCUT2D eigenvalue weighted by Gasteiger charge is -2.27. The standard InChI is InChI=1S/C16H20N4OS2/c1-15(2,3)12-9-19-13(21-12)10-23-11-4-5-16(17,20-8-11)14-18-6-7-22-14/h4-9,20H,10,17H2,1-3H3. The van der Waals surface area contributed by atoms with Crippen molar-refractivity contribution in [2.75, 3.05) is 0 Å². The Morgan fingerprint density at radius 3 is 2.78 bits per heavy atom. The molecule has 0 bridgehead atoms. The number of thioether (sulfide) groups is 1.